The Labute approximate surface area is 213 Å². The zero-order valence-corrected chi connectivity index (χ0v) is 20.7. The van der Waals surface area contributed by atoms with Crippen molar-refractivity contribution in [1.82, 2.24) is 24.2 Å². The third-order valence-electron chi connectivity index (χ3n) is 5.55. The lowest BCUT2D eigenvalue weighted by atomic mass is 10.1. The van der Waals surface area contributed by atoms with E-state index in [0.29, 0.717) is 24.4 Å². The largest absolute Gasteiger partial charge is 0.404 e. The van der Waals surface area contributed by atoms with Crippen LogP contribution in [0.5, 0.6) is 0 Å². The van der Waals surface area contributed by atoms with Crippen molar-refractivity contribution >= 4 is 32.5 Å². The van der Waals surface area contributed by atoms with Crippen LogP contribution in [-0.4, -0.2) is 40.2 Å². The standard InChI is InChI=1S/C23H17ClF4N6O2S/c1-3-13-6-20-16(7-18(13)25)17(8-29)21(34(20)22-31-9-14(24)10-32-22)19-5-4-15(11-30-19)37(35,36)33-12(2)23(26,27)28/h4-7,9-12,33H,3H2,1-2H3/t12-/m0/s1. The number of halogens is 5. The molecule has 0 aliphatic heterocycles. The van der Waals surface area contributed by atoms with E-state index in [1.54, 1.807) is 17.7 Å². The first-order valence-electron chi connectivity index (χ1n) is 10.7. The highest BCUT2D eigenvalue weighted by Crippen LogP contribution is 2.36. The van der Waals surface area contributed by atoms with E-state index in [0.717, 1.165) is 12.3 Å². The van der Waals surface area contributed by atoms with Gasteiger partial charge in [0.2, 0.25) is 16.0 Å². The number of aryl methyl sites for hydroxylation is 1. The van der Waals surface area contributed by atoms with Gasteiger partial charge >= 0.3 is 6.18 Å². The van der Waals surface area contributed by atoms with Crippen LogP contribution in [0.3, 0.4) is 0 Å². The summed E-state index contributed by atoms with van der Waals surface area (Å²) in [5.74, 6) is -0.440. The molecule has 4 aromatic rings. The third kappa shape index (κ3) is 5.00. The van der Waals surface area contributed by atoms with E-state index in [4.69, 9.17) is 11.6 Å². The average molecular weight is 553 g/mol. The molecule has 0 aliphatic carbocycles. The van der Waals surface area contributed by atoms with Crippen molar-refractivity contribution < 1.29 is 26.0 Å². The molecule has 37 heavy (non-hydrogen) atoms. The maximum atomic E-state index is 14.7. The number of nitriles is 1. The fraction of sp³-hybridized carbons (Fsp3) is 0.217. The van der Waals surface area contributed by atoms with Gasteiger partial charge in [0.25, 0.3) is 0 Å². The topological polar surface area (TPSA) is 114 Å². The smallest absolute Gasteiger partial charge is 0.275 e. The summed E-state index contributed by atoms with van der Waals surface area (Å²) in [6.45, 7) is 2.43. The van der Waals surface area contributed by atoms with Gasteiger partial charge in [-0.3, -0.25) is 9.55 Å². The molecule has 0 aliphatic rings. The molecular formula is C23H17ClF4N6O2S. The molecule has 1 N–H and O–H groups in total. The van der Waals surface area contributed by atoms with Crippen LogP contribution in [-0.2, 0) is 16.4 Å². The number of pyridine rings is 1. The number of fused-ring (bicyclic) bond motifs is 1. The molecule has 0 saturated carbocycles. The van der Waals surface area contributed by atoms with Gasteiger partial charge in [-0.15, -0.1) is 0 Å². The monoisotopic (exact) mass is 552 g/mol. The predicted octanol–water partition coefficient (Wildman–Crippen LogP) is 4.94. The van der Waals surface area contributed by atoms with Gasteiger partial charge in [-0.05, 0) is 43.2 Å². The van der Waals surface area contributed by atoms with Crippen molar-refractivity contribution in [3.63, 3.8) is 0 Å². The van der Waals surface area contributed by atoms with Gasteiger partial charge < -0.3 is 0 Å². The first kappa shape index (κ1) is 26.5. The number of sulfonamides is 1. The van der Waals surface area contributed by atoms with Gasteiger partial charge in [-0.25, -0.2) is 22.8 Å². The number of hydrogen-bond donors (Lipinski definition) is 1. The molecule has 1 atom stereocenters. The summed E-state index contributed by atoms with van der Waals surface area (Å²) in [5.41, 5.74) is 0.990. The molecule has 192 valence electrons. The number of nitrogens with one attached hydrogen (secondary N) is 1. The minimum atomic E-state index is -4.78. The lowest BCUT2D eigenvalue weighted by molar-refractivity contribution is -0.147. The second-order valence-corrected chi connectivity index (χ2v) is 10.1. The van der Waals surface area contributed by atoms with Gasteiger partial charge in [0, 0.05) is 11.6 Å². The van der Waals surface area contributed by atoms with Gasteiger partial charge in [0.05, 0.1) is 39.9 Å². The van der Waals surface area contributed by atoms with Crippen LogP contribution in [0.1, 0.15) is 25.0 Å². The molecule has 4 rings (SSSR count). The van der Waals surface area contributed by atoms with Gasteiger partial charge in [-0.2, -0.15) is 23.2 Å². The number of benzene rings is 1. The quantitative estimate of drug-likeness (QED) is 0.339. The predicted molar refractivity (Wildman–Crippen MR) is 127 cm³/mol. The summed E-state index contributed by atoms with van der Waals surface area (Å²) < 4.78 is 81.1. The van der Waals surface area contributed by atoms with Crippen molar-refractivity contribution in [1.29, 1.82) is 5.26 Å². The third-order valence-corrected chi connectivity index (χ3v) is 7.27. The summed E-state index contributed by atoms with van der Waals surface area (Å²) in [7, 11) is -4.56. The van der Waals surface area contributed by atoms with E-state index in [2.05, 4.69) is 15.0 Å². The molecule has 0 bridgehead atoms. The van der Waals surface area contributed by atoms with Crippen LogP contribution in [0.15, 0.2) is 47.8 Å². The Morgan fingerprint density at radius 1 is 1.16 bits per heavy atom. The number of nitrogens with zero attached hydrogens (tertiary/aromatic N) is 5. The number of aromatic nitrogens is 4. The summed E-state index contributed by atoms with van der Waals surface area (Å²) in [5, 5.41) is 10.5. The van der Waals surface area contributed by atoms with Crippen molar-refractivity contribution in [2.24, 2.45) is 0 Å². The normalized spacial score (nSPS) is 13.0. The highest BCUT2D eigenvalue weighted by molar-refractivity contribution is 7.89. The molecule has 0 amide bonds. The van der Waals surface area contributed by atoms with Crippen LogP contribution >= 0.6 is 11.6 Å². The summed E-state index contributed by atoms with van der Waals surface area (Å²) in [6.07, 6.45) is -0.905. The molecule has 3 heterocycles. The SMILES string of the molecule is CCc1cc2c(cc1F)c(C#N)c(-c1ccc(S(=O)(=O)N[C@@H](C)C(F)(F)F)cn1)n2-c1ncc(Cl)cn1. The molecule has 0 saturated heterocycles. The Morgan fingerprint density at radius 3 is 2.38 bits per heavy atom. The van der Waals surface area contributed by atoms with E-state index in [1.807, 2.05) is 6.07 Å². The van der Waals surface area contributed by atoms with E-state index in [1.165, 1.54) is 29.1 Å². The van der Waals surface area contributed by atoms with Crippen molar-refractivity contribution in [2.45, 2.75) is 37.4 Å². The molecule has 1 aromatic carbocycles. The molecule has 0 fully saturated rings. The Kier molecular flexibility index (Phi) is 6.93. The lowest BCUT2D eigenvalue weighted by Gasteiger charge is -2.17. The maximum Gasteiger partial charge on any atom is 0.404 e. The van der Waals surface area contributed by atoms with Gasteiger partial charge in [-0.1, -0.05) is 18.5 Å². The van der Waals surface area contributed by atoms with Crippen molar-refractivity contribution in [3.8, 4) is 23.4 Å². The molecule has 3 aromatic heterocycles. The van der Waals surface area contributed by atoms with Crippen LogP contribution in [0.25, 0.3) is 28.2 Å². The maximum absolute atomic E-state index is 14.7. The number of rotatable bonds is 6. The van der Waals surface area contributed by atoms with E-state index >= 15 is 0 Å². The summed E-state index contributed by atoms with van der Waals surface area (Å²) >= 11 is 5.92. The van der Waals surface area contributed by atoms with Crippen LogP contribution in [0.2, 0.25) is 5.02 Å². The first-order chi connectivity index (χ1) is 17.4. The fourth-order valence-corrected chi connectivity index (χ4v) is 4.92. The number of alkyl halides is 3. The zero-order valence-electron chi connectivity index (χ0n) is 19.2. The summed E-state index contributed by atoms with van der Waals surface area (Å²) in [4.78, 5) is 12.0. The highest BCUT2D eigenvalue weighted by atomic mass is 35.5. The molecular weight excluding hydrogens is 536 g/mol. The van der Waals surface area contributed by atoms with E-state index in [-0.39, 0.29) is 33.3 Å². The van der Waals surface area contributed by atoms with Crippen LogP contribution < -0.4 is 4.72 Å². The second-order valence-electron chi connectivity index (χ2n) is 7.95. The molecule has 0 radical (unpaired) electrons. The Hall–Kier alpha value is -3.60. The van der Waals surface area contributed by atoms with E-state index < -0.39 is 33.0 Å². The minimum Gasteiger partial charge on any atom is -0.275 e. The van der Waals surface area contributed by atoms with Crippen molar-refractivity contribution in [3.05, 3.63) is 64.8 Å². The van der Waals surface area contributed by atoms with Crippen LogP contribution in [0.4, 0.5) is 17.6 Å². The Bertz CT molecular complexity index is 1630. The second kappa shape index (κ2) is 9.70. The first-order valence-corrected chi connectivity index (χ1v) is 12.5. The number of hydrogen-bond acceptors (Lipinski definition) is 6. The van der Waals surface area contributed by atoms with Gasteiger partial charge in [0.1, 0.15) is 22.8 Å². The highest BCUT2D eigenvalue weighted by Gasteiger charge is 2.39. The average Bonchev–Trinajstić information content (AvgIpc) is 3.16. The summed E-state index contributed by atoms with van der Waals surface area (Å²) in [6, 6.07) is 4.74. The van der Waals surface area contributed by atoms with Crippen LogP contribution in [0, 0.1) is 17.1 Å². The van der Waals surface area contributed by atoms with E-state index in [9.17, 15) is 31.2 Å². The minimum absolute atomic E-state index is 0.0158. The zero-order chi connectivity index (χ0) is 27.1. The Morgan fingerprint density at radius 2 is 1.84 bits per heavy atom. The molecule has 14 heteroatoms. The lowest BCUT2D eigenvalue weighted by Crippen LogP contribution is -2.42. The van der Waals surface area contributed by atoms with Crippen molar-refractivity contribution in [2.75, 3.05) is 0 Å². The fourth-order valence-electron chi connectivity index (χ4n) is 3.65. The molecule has 0 unspecified atom stereocenters. The Balaban J connectivity index is 1.92. The molecule has 0 spiro atoms. The van der Waals surface area contributed by atoms with Gasteiger partial charge in [0.15, 0.2) is 0 Å². The molecule has 8 nitrogen and oxygen atoms in total.